The lowest BCUT2D eigenvalue weighted by Gasteiger charge is -2.14. The Morgan fingerprint density at radius 3 is 2.28 bits per heavy atom. The summed E-state index contributed by atoms with van der Waals surface area (Å²) in [6.45, 7) is 3.09. The number of halogens is 3. The largest absolute Gasteiger partial charge is 0.419 e. The van der Waals surface area contributed by atoms with E-state index in [1.165, 1.54) is 25.1 Å². The van der Waals surface area contributed by atoms with Crippen molar-refractivity contribution in [2.75, 3.05) is 5.75 Å². The Kier molecular flexibility index (Phi) is 6.48. The minimum Gasteiger partial charge on any atom is -0.419 e. The lowest BCUT2D eigenvalue weighted by molar-refractivity contribution is 0.428. The van der Waals surface area contributed by atoms with Crippen LogP contribution in [0.25, 0.3) is 11.3 Å². The Bertz CT molecular complexity index is 1140. The van der Waals surface area contributed by atoms with Gasteiger partial charge >= 0.3 is 10.1 Å². The lowest BCUT2D eigenvalue weighted by atomic mass is 10.1. The molecule has 0 unspecified atom stereocenters. The van der Waals surface area contributed by atoms with Crippen LogP contribution in [0.15, 0.2) is 36.4 Å². The minimum atomic E-state index is -3.79. The quantitative estimate of drug-likeness (QED) is 0.446. The zero-order valence-corrected chi connectivity index (χ0v) is 18.3. The fourth-order valence-corrected chi connectivity index (χ4v) is 3.44. The molecule has 29 heavy (non-hydrogen) atoms. The first kappa shape index (κ1) is 21.6. The van der Waals surface area contributed by atoms with E-state index in [0.29, 0.717) is 26.9 Å². The van der Waals surface area contributed by atoms with Crippen LogP contribution in [0.1, 0.15) is 12.5 Å². The number of rotatable bonds is 6. The Morgan fingerprint density at radius 1 is 1.00 bits per heavy atom. The highest BCUT2D eigenvalue weighted by atomic mass is 35.5. The normalized spacial score (nSPS) is 11.3. The number of hydrogen-bond donors (Lipinski definition) is 0. The van der Waals surface area contributed by atoms with E-state index in [1.807, 2.05) is 0 Å². The maximum Gasteiger partial charge on any atom is 0.308 e. The summed E-state index contributed by atoms with van der Waals surface area (Å²) in [5, 5.41) is 8.51. The first-order valence-electron chi connectivity index (χ1n) is 8.24. The van der Waals surface area contributed by atoms with Gasteiger partial charge in [-0.1, -0.05) is 34.8 Å². The van der Waals surface area contributed by atoms with Crippen LogP contribution in [0.3, 0.4) is 0 Å². The minimum absolute atomic E-state index is 0.0601. The summed E-state index contributed by atoms with van der Waals surface area (Å²) in [6.07, 6.45) is 0. The average Bonchev–Trinajstić information content (AvgIpc) is 2.65. The lowest BCUT2D eigenvalue weighted by Crippen LogP contribution is -2.13. The fourth-order valence-electron chi connectivity index (χ4n) is 2.25. The van der Waals surface area contributed by atoms with E-state index in [-0.39, 0.29) is 28.4 Å². The molecule has 2 aromatic heterocycles. The van der Waals surface area contributed by atoms with E-state index in [9.17, 15) is 8.42 Å². The van der Waals surface area contributed by atoms with Gasteiger partial charge in [0.2, 0.25) is 11.8 Å². The highest BCUT2D eigenvalue weighted by Gasteiger charge is 2.19. The molecule has 0 spiro atoms. The summed E-state index contributed by atoms with van der Waals surface area (Å²) >= 11 is 17.9. The van der Waals surface area contributed by atoms with Gasteiger partial charge in [0.1, 0.15) is 0 Å². The molecule has 7 nitrogen and oxygen atoms in total. The number of benzene rings is 1. The van der Waals surface area contributed by atoms with Crippen LogP contribution in [-0.4, -0.2) is 29.4 Å². The van der Waals surface area contributed by atoms with Gasteiger partial charge in [-0.15, -0.1) is 10.2 Å². The molecule has 0 aliphatic rings. The van der Waals surface area contributed by atoms with Crippen molar-refractivity contribution in [1.82, 2.24) is 15.2 Å². The number of aromatic nitrogens is 3. The van der Waals surface area contributed by atoms with Gasteiger partial charge < -0.3 is 8.92 Å². The van der Waals surface area contributed by atoms with Crippen LogP contribution in [0, 0.1) is 6.92 Å². The first-order valence-corrected chi connectivity index (χ1v) is 11.0. The average molecular weight is 475 g/mol. The van der Waals surface area contributed by atoms with Gasteiger partial charge in [-0.05, 0) is 38.1 Å². The highest BCUT2D eigenvalue weighted by molar-refractivity contribution is 7.87. The van der Waals surface area contributed by atoms with E-state index >= 15 is 0 Å². The Hall–Kier alpha value is -2.13. The van der Waals surface area contributed by atoms with Crippen molar-refractivity contribution in [3.8, 4) is 28.8 Å². The monoisotopic (exact) mass is 473 g/mol. The van der Waals surface area contributed by atoms with Gasteiger partial charge in [0.05, 0.1) is 17.0 Å². The summed E-state index contributed by atoms with van der Waals surface area (Å²) in [5.74, 6) is 0.0586. The van der Waals surface area contributed by atoms with Gasteiger partial charge in [0, 0.05) is 27.7 Å². The maximum absolute atomic E-state index is 12.0. The van der Waals surface area contributed by atoms with E-state index in [1.54, 1.807) is 25.1 Å². The molecule has 0 aliphatic heterocycles. The molecule has 1 aromatic carbocycles. The molecule has 11 heteroatoms. The van der Waals surface area contributed by atoms with Crippen molar-refractivity contribution >= 4 is 44.9 Å². The Morgan fingerprint density at radius 2 is 1.69 bits per heavy atom. The maximum atomic E-state index is 12.0. The van der Waals surface area contributed by atoms with Gasteiger partial charge in [-0.2, -0.15) is 8.42 Å². The van der Waals surface area contributed by atoms with Crippen molar-refractivity contribution in [2.45, 2.75) is 13.8 Å². The van der Waals surface area contributed by atoms with Gasteiger partial charge in [-0.25, -0.2) is 4.98 Å². The number of hydrogen-bond acceptors (Lipinski definition) is 7. The van der Waals surface area contributed by atoms with E-state index in [4.69, 9.17) is 43.7 Å². The number of nitrogens with zero attached hydrogens (tertiary/aromatic N) is 3. The second-order valence-corrected chi connectivity index (χ2v) is 8.94. The summed E-state index contributed by atoms with van der Waals surface area (Å²) in [4.78, 5) is 4.44. The predicted octanol–water partition coefficient (Wildman–Crippen LogP) is 5.33. The van der Waals surface area contributed by atoms with Crippen molar-refractivity contribution < 1.29 is 17.3 Å². The third-order valence-electron chi connectivity index (χ3n) is 3.72. The molecule has 0 atom stereocenters. The zero-order chi connectivity index (χ0) is 21.2. The van der Waals surface area contributed by atoms with Gasteiger partial charge in [0.15, 0.2) is 10.9 Å². The van der Waals surface area contributed by atoms with Gasteiger partial charge in [-0.3, -0.25) is 0 Å². The molecule has 0 saturated carbocycles. The highest BCUT2D eigenvalue weighted by Crippen LogP contribution is 2.35. The molecule has 3 rings (SSSR count). The smallest absolute Gasteiger partial charge is 0.308 e. The van der Waals surface area contributed by atoms with Crippen molar-refractivity contribution in [3.63, 3.8) is 0 Å². The molecule has 3 aromatic rings. The molecule has 0 aliphatic carbocycles. The van der Waals surface area contributed by atoms with Crippen LogP contribution in [-0.2, 0) is 10.1 Å². The summed E-state index contributed by atoms with van der Waals surface area (Å²) in [6, 6.07) is 9.32. The predicted molar refractivity (Wildman–Crippen MR) is 112 cm³/mol. The fraction of sp³-hybridized carbons (Fsp3) is 0.167. The van der Waals surface area contributed by atoms with Gasteiger partial charge in [0.25, 0.3) is 0 Å². The van der Waals surface area contributed by atoms with Crippen LogP contribution in [0.2, 0.25) is 15.2 Å². The molecule has 0 amide bonds. The molecule has 152 valence electrons. The van der Waals surface area contributed by atoms with Crippen LogP contribution < -0.4 is 8.92 Å². The number of pyridine rings is 1. The topological polar surface area (TPSA) is 91.3 Å². The summed E-state index contributed by atoms with van der Waals surface area (Å²) in [7, 11) is -3.79. The SMILES string of the molecule is CCS(=O)(=O)Oc1cc(-c2cc(Cl)cc(Cl)c2)nc(Oc2ccc(Cl)nn2)c1C. The van der Waals surface area contributed by atoms with Crippen molar-refractivity contribution in [3.05, 3.63) is 57.2 Å². The van der Waals surface area contributed by atoms with Crippen LogP contribution in [0.4, 0.5) is 0 Å². The third kappa shape index (κ3) is 5.48. The third-order valence-corrected chi connectivity index (χ3v) is 5.50. The molecule has 0 saturated heterocycles. The van der Waals surface area contributed by atoms with Crippen LogP contribution >= 0.6 is 34.8 Å². The molecule has 0 fully saturated rings. The molecule has 2 heterocycles. The molecule has 0 N–H and O–H groups in total. The molecular weight excluding hydrogens is 461 g/mol. The Labute approximate surface area is 182 Å². The first-order chi connectivity index (χ1) is 13.7. The van der Waals surface area contributed by atoms with E-state index in [2.05, 4.69) is 15.2 Å². The van der Waals surface area contributed by atoms with E-state index < -0.39 is 10.1 Å². The molecule has 0 radical (unpaired) electrons. The molecular formula is C18H14Cl3N3O4S. The second-order valence-electron chi connectivity index (χ2n) is 5.82. The summed E-state index contributed by atoms with van der Waals surface area (Å²) in [5.41, 5.74) is 1.25. The van der Waals surface area contributed by atoms with Crippen molar-refractivity contribution in [2.24, 2.45) is 0 Å². The number of ether oxygens (including phenoxy) is 1. The van der Waals surface area contributed by atoms with Crippen LogP contribution in [0.5, 0.6) is 17.5 Å². The van der Waals surface area contributed by atoms with Crippen molar-refractivity contribution in [1.29, 1.82) is 0 Å². The standard InChI is InChI=1S/C18H14Cl3N3O4S/c1-3-29(25,26)28-15-9-14(11-6-12(19)8-13(20)7-11)22-18(10(15)2)27-17-5-4-16(21)23-24-17/h4-9H,3H2,1-2H3. The van der Waals surface area contributed by atoms with E-state index in [0.717, 1.165) is 0 Å². The summed E-state index contributed by atoms with van der Waals surface area (Å²) < 4.78 is 35.0. The molecule has 0 bridgehead atoms. The zero-order valence-electron chi connectivity index (χ0n) is 15.2. The Balaban J connectivity index is 2.13. The second kappa shape index (κ2) is 8.71.